The summed E-state index contributed by atoms with van der Waals surface area (Å²) in [5, 5.41) is 0. The third kappa shape index (κ3) is 3.68. The summed E-state index contributed by atoms with van der Waals surface area (Å²) in [4.78, 5) is 16.9. The van der Waals surface area contributed by atoms with Crippen molar-refractivity contribution in [2.45, 2.75) is 44.7 Å². The highest BCUT2D eigenvalue weighted by atomic mass is 16.5. The summed E-state index contributed by atoms with van der Waals surface area (Å²) in [6.07, 6.45) is 4.72. The highest BCUT2D eigenvalue weighted by molar-refractivity contribution is 5.81. The molecular weight excluding hydrogens is 242 g/mol. The largest absolute Gasteiger partial charge is 0.378 e. The molecule has 0 radical (unpaired) electrons. The van der Waals surface area contributed by atoms with Crippen molar-refractivity contribution < 1.29 is 9.53 Å². The van der Waals surface area contributed by atoms with Gasteiger partial charge in [0.1, 0.15) is 0 Å². The van der Waals surface area contributed by atoms with Gasteiger partial charge in [0.2, 0.25) is 5.91 Å². The van der Waals surface area contributed by atoms with Gasteiger partial charge in [-0.05, 0) is 32.7 Å². The highest BCUT2D eigenvalue weighted by Crippen LogP contribution is 2.27. The SMILES string of the molecule is CC(C(=O)N1CCOCC1)N(CCCN)C1CCC1. The van der Waals surface area contributed by atoms with E-state index in [-0.39, 0.29) is 11.9 Å². The van der Waals surface area contributed by atoms with Gasteiger partial charge in [-0.3, -0.25) is 9.69 Å². The van der Waals surface area contributed by atoms with Crippen molar-refractivity contribution in [3.05, 3.63) is 0 Å². The summed E-state index contributed by atoms with van der Waals surface area (Å²) in [7, 11) is 0. The first-order valence-electron chi connectivity index (χ1n) is 7.56. The van der Waals surface area contributed by atoms with E-state index in [1.54, 1.807) is 0 Å². The lowest BCUT2D eigenvalue weighted by atomic mass is 9.90. The fraction of sp³-hybridized carbons (Fsp3) is 0.929. The third-order valence-electron chi connectivity index (χ3n) is 4.34. The van der Waals surface area contributed by atoms with Gasteiger partial charge in [-0.15, -0.1) is 0 Å². The quantitative estimate of drug-likeness (QED) is 0.760. The Kier molecular flexibility index (Phi) is 5.60. The Balaban J connectivity index is 1.92. The van der Waals surface area contributed by atoms with Crippen molar-refractivity contribution in [1.29, 1.82) is 0 Å². The molecule has 5 heteroatoms. The second kappa shape index (κ2) is 7.22. The van der Waals surface area contributed by atoms with Crippen LogP contribution in [0.4, 0.5) is 0 Å². The zero-order valence-electron chi connectivity index (χ0n) is 12.0. The predicted molar refractivity (Wildman–Crippen MR) is 74.9 cm³/mol. The minimum absolute atomic E-state index is 0.0186. The first-order chi connectivity index (χ1) is 9.24. The van der Waals surface area contributed by atoms with Crippen LogP contribution in [0.25, 0.3) is 0 Å². The number of carbonyl (C=O) groups is 1. The molecule has 0 aromatic carbocycles. The van der Waals surface area contributed by atoms with Crippen LogP contribution in [-0.2, 0) is 9.53 Å². The van der Waals surface area contributed by atoms with E-state index in [2.05, 4.69) is 4.90 Å². The summed E-state index contributed by atoms with van der Waals surface area (Å²) in [5.41, 5.74) is 5.62. The van der Waals surface area contributed by atoms with Crippen LogP contribution >= 0.6 is 0 Å². The monoisotopic (exact) mass is 269 g/mol. The van der Waals surface area contributed by atoms with Crippen molar-refractivity contribution in [2.24, 2.45) is 5.73 Å². The van der Waals surface area contributed by atoms with Crippen LogP contribution in [0.15, 0.2) is 0 Å². The lowest BCUT2D eigenvalue weighted by Gasteiger charge is -2.42. The Morgan fingerprint density at radius 2 is 2.11 bits per heavy atom. The van der Waals surface area contributed by atoms with Crippen LogP contribution in [0.1, 0.15) is 32.6 Å². The van der Waals surface area contributed by atoms with Gasteiger partial charge in [-0.25, -0.2) is 0 Å². The molecule has 2 fully saturated rings. The predicted octanol–water partition coefficient (Wildman–Crippen LogP) is 0.437. The van der Waals surface area contributed by atoms with E-state index >= 15 is 0 Å². The molecule has 1 atom stereocenters. The number of nitrogens with zero attached hydrogens (tertiary/aromatic N) is 2. The standard InChI is InChI=1S/C14H27N3O2/c1-12(14(18)16-8-10-19-11-9-16)17(7-3-6-15)13-4-2-5-13/h12-13H,2-11,15H2,1H3. The Morgan fingerprint density at radius 1 is 1.42 bits per heavy atom. The first-order valence-corrected chi connectivity index (χ1v) is 7.56. The average molecular weight is 269 g/mol. The number of rotatable bonds is 6. The second-order valence-corrected chi connectivity index (χ2v) is 5.58. The summed E-state index contributed by atoms with van der Waals surface area (Å²) < 4.78 is 5.31. The maximum atomic E-state index is 12.5. The molecule has 110 valence electrons. The van der Waals surface area contributed by atoms with Gasteiger partial charge < -0.3 is 15.4 Å². The molecule has 0 spiro atoms. The molecule has 2 N–H and O–H groups in total. The molecule has 0 aromatic rings. The average Bonchev–Trinajstić information content (AvgIpc) is 2.40. The number of hydrogen-bond acceptors (Lipinski definition) is 4. The minimum Gasteiger partial charge on any atom is -0.378 e. The Hall–Kier alpha value is -0.650. The van der Waals surface area contributed by atoms with Gasteiger partial charge >= 0.3 is 0 Å². The third-order valence-corrected chi connectivity index (χ3v) is 4.34. The van der Waals surface area contributed by atoms with Crippen LogP contribution < -0.4 is 5.73 Å². The second-order valence-electron chi connectivity index (χ2n) is 5.58. The molecule has 2 aliphatic rings. The molecule has 1 saturated heterocycles. The molecule has 0 bridgehead atoms. The maximum absolute atomic E-state index is 12.5. The Labute approximate surface area is 116 Å². The normalized spacial score (nSPS) is 22.4. The maximum Gasteiger partial charge on any atom is 0.239 e. The number of ether oxygens (including phenoxy) is 1. The molecule has 1 amide bonds. The molecule has 19 heavy (non-hydrogen) atoms. The molecule has 5 nitrogen and oxygen atoms in total. The smallest absolute Gasteiger partial charge is 0.239 e. The molecule has 0 aromatic heterocycles. The molecular formula is C14H27N3O2. The molecule has 1 aliphatic heterocycles. The van der Waals surface area contributed by atoms with Crippen molar-refractivity contribution in [2.75, 3.05) is 39.4 Å². The topological polar surface area (TPSA) is 58.8 Å². The fourth-order valence-corrected chi connectivity index (χ4v) is 2.87. The summed E-state index contributed by atoms with van der Waals surface area (Å²) >= 11 is 0. The zero-order valence-corrected chi connectivity index (χ0v) is 12.0. The van der Waals surface area contributed by atoms with E-state index in [1.165, 1.54) is 19.3 Å². The molecule has 1 heterocycles. The van der Waals surface area contributed by atoms with Crippen LogP contribution in [-0.4, -0.2) is 67.2 Å². The van der Waals surface area contributed by atoms with E-state index in [4.69, 9.17) is 10.5 Å². The fourth-order valence-electron chi connectivity index (χ4n) is 2.87. The summed E-state index contributed by atoms with van der Waals surface area (Å²) in [6.45, 7) is 6.50. The number of nitrogens with two attached hydrogens (primary N) is 1. The van der Waals surface area contributed by atoms with Crippen molar-refractivity contribution in [3.63, 3.8) is 0 Å². The van der Waals surface area contributed by atoms with Gasteiger partial charge in [-0.1, -0.05) is 6.42 Å². The molecule has 1 saturated carbocycles. The molecule has 2 rings (SSSR count). The zero-order chi connectivity index (χ0) is 13.7. The van der Waals surface area contributed by atoms with E-state index in [9.17, 15) is 4.79 Å². The summed E-state index contributed by atoms with van der Waals surface area (Å²) in [5.74, 6) is 0.257. The van der Waals surface area contributed by atoms with Crippen LogP contribution in [0.3, 0.4) is 0 Å². The van der Waals surface area contributed by atoms with Crippen LogP contribution in [0, 0.1) is 0 Å². The van der Waals surface area contributed by atoms with Gasteiger partial charge in [0.25, 0.3) is 0 Å². The Bertz CT molecular complexity index is 288. The Morgan fingerprint density at radius 3 is 2.63 bits per heavy atom. The van der Waals surface area contributed by atoms with Gasteiger partial charge in [-0.2, -0.15) is 0 Å². The van der Waals surface area contributed by atoms with E-state index in [0.29, 0.717) is 25.8 Å². The van der Waals surface area contributed by atoms with Gasteiger partial charge in [0.05, 0.1) is 19.3 Å². The van der Waals surface area contributed by atoms with Crippen LogP contribution in [0.2, 0.25) is 0 Å². The molecule has 1 aliphatic carbocycles. The van der Waals surface area contributed by atoms with Crippen molar-refractivity contribution in [3.8, 4) is 0 Å². The number of carbonyl (C=O) groups excluding carboxylic acids is 1. The lowest BCUT2D eigenvalue weighted by Crippen LogP contribution is -2.55. The minimum atomic E-state index is -0.0186. The van der Waals surface area contributed by atoms with Gasteiger partial charge in [0, 0.05) is 25.7 Å². The van der Waals surface area contributed by atoms with E-state index in [1.807, 2.05) is 11.8 Å². The van der Waals surface area contributed by atoms with Gasteiger partial charge in [0.15, 0.2) is 0 Å². The van der Waals surface area contributed by atoms with E-state index in [0.717, 1.165) is 26.1 Å². The highest BCUT2D eigenvalue weighted by Gasteiger charge is 2.33. The summed E-state index contributed by atoms with van der Waals surface area (Å²) in [6, 6.07) is 0.571. The number of amides is 1. The van der Waals surface area contributed by atoms with Crippen LogP contribution in [0.5, 0.6) is 0 Å². The number of morpholine rings is 1. The van der Waals surface area contributed by atoms with E-state index < -0.39 is 0 Å². The van der Waals surface area contributed by atoms with Crippen molar-refractivity contribution >= 4 is 5.91 Å². The molecule has 1 unspecified atom stereocenters. The number of hydrogen-bond donors (Lipinski definition) is 1. The van der Waals surface area contributed by atoms with Crippen molar-refractivity contribution in [1.82, 2.24) is 9.80 Å². The first kappa shape index (κ1) is 14.8. The lowest BCUT2D eigenvalue weighted by molar-refractivity contribution is -0.142.